The minimum Gasteiger partial charge on any atom is -0.548 e. The first-order valence-electron chi connectivity index (χ1n) is 14.0. The third-order valence-electron chi connectivity index (χ3n) is 7.15. The number of ether oxygens (including phenoxy) is 1. The summed E-state index contributed by atoms with van der Waals surface area (Å²) < 4.78 is 4.73. The molecule has 1 aromatic heterocycles. The number of carboxylic acid groups (broad SMARTS) is 2. The summed E-state index contributed by atoms with van der Waals surface area (Å²) in [6.07, 6.45) is 0.441. The van der Waals surface area contributed by atoms with Crippen LogP contribution >= 0.6 is 23.5 Å². The van der Waals surface area contributed by atoms with Crippen LogP contribution in [0.5, 0.6) is 0 Å². The van der Waals surface area contributed by atoms with E-state index in [4.69, 9.17) is 10.5 Å². The minimum absolute atomic E-state index is 0. The number of carboxylic acids is 2. The Balaban J connectivity index is 0.00000338. The van der Waals surface area contributed by atoms with E-state index < -0.39 is 72.0 Å². The van der Waals surface area contributed by atoms with Crippen molar-refractivity contribution in [1.29, 1.82) is 0 Å². The maximum absolute atomic E-state index is 13.6. The van der Waals surface area contributed by atoms with Crippen molar-refractivity contribution < 1.29 is 108 Å². The van der Waals surface area contributed by atoms with Gasteiger partial charge in [-0.3, -0.25) is 24.9 Å². The van der Waals surface area contributed by atoms with Gasteiger partial charge in [-0.1, -0.05) is 17.3 Å². The fourth-order valence-corrected chi connectivity index (χ4v) is 7.03. The largest absolute Gasteiger partial charge is 1.00 e. The van der Waals surface area contributed by atoms with Gasteiger partial charge in [-0.05, 0) is 23.3 Å². The number of urea groups is 2. The van der Waals surface area contributed by atoms with Gasteiger partial charge in [-0.15, -0.1) is 28.6 Å². The molecule has 7 amide bonds. The molecule has 2 aromatic rings. The van der Waals surface area contributed by atoms with Crippen molar-refractivity contribution in [2.75, 3.05) is 36.5 Å². The molecule has 50 heavy (non-hydrogen) atoms. The smallest absolute Gasteiger partial charge is 0.548 e. The Hall–Kier alpha value is -3.35. The number of amides is 7. The van der Waals surface area contributed by atoms with E-state index in [1.54, 1.807) is 0 Å². The van der Waals surface area contributed by atoms with Crippen LogP contribution in [0.25, 0.3) is 0 Å². The van der Waals surface area contributed by atoms with Crippen LogP contribution in [0.1, 0.15) is 11.6 Å². The Morgan fingerprint density at radius 1 is 1.14 bits per heavy atom. The number of hydrogen-bond donors (Lipinski definition) is 6. The molecule has 0 spiro atoms. The van der Waals surface area contributed by atoms with Crippen LogP contribution in [0.4, 0.5) is 20.1 Å². The molecule has 0 unspecified atom stereocenters. The summed E-state index contributed by atoms with van der Waals surface area (Å²) in [5.41, 5.74) is 5.74. The number of thioether (sulfide) groups is 2. The quantitative estimate of drug-likeness (QED) is 0.0667. The van der Waals surface area contributed by atoms with E-state index in [-0.39, 0.29) is 101 Å². The summed E-state index contributed by atoms with van der Waals surface area (Å²) in [6.45, 7) is -0.410. The number of aliphatic carboxylic acids is 2. The van der Waals surface area contributed by atoms with Crippen molar-refractivity contribution in [1.82, 2.24) is 41.2 Å². The number of carbonyl (C=O) groups is 7. The normalized spacial score (nSPS) is 19.0. The average Bonchev–Trinajstić information content (AvgIpc) is 3.75. The molecular weight excluding hydrogens is 722 g/mol. The van der Waals surface area contributed by atoms with Gasteiger partial charge in [0.05, 0.1) is 29.9 Å². The van der Waals surface area contributed by atoms with Gasteiger partial charge in [0.15, 0.2) is 0 Å². The second kappa shape index (κ2) is 18.2. The number of anilines is 1. The molecule has 2 fully saturated rings. The molecule has 1 aromatic carbocycles. The first-order valence-corrected chi connectivity index (χ1v) is 16.0. The number of nitrogens with one attached hydrogen (secondary N) is 5. The van der Waals surface area contributed by atoms with Gasteiger partial charge in [0.2, 0.25) is 5.91 Å². The van der Waals surface area contributed by atoms with Crippen LogP contribution < -0.4 is 96.3 Å². The Morgan fingerprint density at radius 2 is 1.86 bits per heavy atom. The molecule has 5 rings (SSSR count). The van der Waals surface area contributed by atoms with E-state index in [1.165, 1.54) is 54.0 Å². The van der Waals surface area contributed by atoms with Gasteiger partial charge in [-0.2, -0.15) is 0 Å². The minimum atomic E-state index is -1.61. The standard InChI is InChI=1S/C26H28N10O10S2.2Na/c27-14(22(39)40)8-46-26(45)30-13-3-1-11(2-4-13)16(32-25(44)35-6-5-28-24(35)43)19(37)31-17-20(38)36-18(23(41)42)12(10-48-21(17)36)9-47-15-7-29-34-33-15;;/h1-4,7,14,16-17,21H,5-6,8-10,27H2,(H,28,43)(H,30,45)(H,31,37)(H,32,44)(H,39,40)(H,41,42)(H,29,33,34);;/q;2*+1/p-2/t14-,16-,17-,21+;;/m1../s1. The fraction of sp³-hybridized carbons (Fsp3) is 0.346. The van der Waals surface area contributed by atoms with Crippen molar-refractivity contribution in [3.63, 3.8) is 0 Å². The van der Waals surface area contributed by atoms with E-state index in [9.17, 15) is 43.8 Å². The molecule has 0 radical (unpaired) electrons. The molecule has 4 heterocycles. The monoisotopic (exact) mass is 748 g/mol. The maximum atomic E-state index is 13.6. The second-order valence-corrected chi connectivity index (χ2v) is 12.4. The average molecular weight is 749 g/mol. The van der Waals surface area contributed by atoms with Gasteiger partial charge in [0, 0.05) is 30.3 Å². The third kappa shape index (κ3) is 9.50. The molecule has 254 valence electrons. The number of β-lactam (4-membered cyclic amide) rings is 1. The molecular formula is C26H26N10Na2O10S2. The van der Waals surface area contributed by atoms with Crippen LogP contribution in [-0.4, -0.2) is 116 Å². The zero-order valence-corrected chi connectivity index (χ0v) is 32.1. The fourth-order valence-electron chi connectivity index (χ4n) is 4.76. The van der Waals surface area contributed by atoms with Gasteiger partial charge >= 0.3 is 77.3 Å². The Labute approximate surface area is 335 Å². The number of nitrogens with two attached hydrogens (primary N) is 1. The maximum Gasteiger partial charge on any atom is 1.00 e. The predicted octanol–water partition coefficient (Wildman–Crippen LogP) is -9.59. The van der Waals surface area contributed by atoms with E-state index >= 15 is 0 Å². The molecule has 20 nitrogen and oxygen atoms in total. The van der Waals surface area contributed by atoms with E-state index in [2.05, 4.69) is 36.7 Å². The van der Waals surface area contributed by atoms with Crippen LogP contribution in [0, 0.1) is 0 Å². The Morgan fingerprint density at radius 3 is 2.46 bits per heavy atom. The number of aromatic amines is 1. The van der Waals surface area contributed by atoms with Crippen LogP contribution in [0.3, 0.4) is 0 Å². The summed E-state index contributed by atoms with van der Waals surface area (Å²) in [5, 5.41) is 42.4. The Kier molecular flexibility index (Phi) is 15.0. The molecule has 0 aliphatic carbocycles. The van der Waals surface area contributed by atoms with Gasteiger partial charge in [-0.25, -0.2) is 19.3 Å². The van der Waals surface area contributed by atoms with Crippen molar-refractivity contribution >= 4 is 71.1 Å². The first-order chi connectivity index (χ1) is 22.9. The first kappa shape index (κ1) is 41.1. The SMILES string of the molecule is N[C@H](COC(=O)Nc1ccc([C@@H](NC(=O)N2CCNC2=O)C(=O)N[C@@H]2C(=O)N3C(C(=O)[O-])=C(CSc4cnn[nH]4)CS[C@@H]23)cc1)C(=O)[O-].[Na+].[Na+]. The number of carbonyl (C=O) groups excluding carboxylic acids is 7. The van der Waals surface area contributed by atoms with Crippen molar-refractivity contribution in [3.8, 4) is 0 Å². The summed E-state index contributed by atoms with van der Waals surface area (Å²) >= 11 is 2.47. The number of rotatable bonds is 12. The van der Waals surface area contributed by atoms with Gasteiger partial charge in [0.25, 0.3) is 5.91 Å². The summed E-state index contributed by atoms with van der Waals surface area (Å²) in [5.74, 6) is -4.27. The zero-order valence-electron chi connectivity index (χ0n) is 26.5. The number of aromatic nitrogens is 3. The van der Waals surface area contributed by atoms with Crippen molar-refractivity contribution in [2.45, 2.75) is 28.5 Å². The van der Waals surface area contributed by atoms with Crippen LogP contribution in [0.2, 0.25) is 0 Å². The topological polar surface area (TPSA) is 297 Å². The van der Waals surface area contributed by atoms with Crippen molar-refractivity contribution in [2.24, 2.45) is 5.73 Å². The van der Waals surface area contributed by atoms with E-state index in [0.29, 0.717) is 10.6 Å². The summed E-state index contributed by atoms with van der Waals surface area (Å²) in [7, 11) is 0. The number of hydrogen-bond acceptors (Lipinski definition) is 15. The molecule has 2 saturated heterocycles. The second-order valence-electron chi connectivity index (χ2n) is 10.3. The number of benzene rings is 1. The van der Waals surface area contributed by atoms with E-state index in [0.717, 1.165) is 9.80 Å². The molecule has 4 atom stereocenters. The van der Waals surface area contributed by atoms with Gasteiger partial charge < -0.3 is 46.2 Å². The molecule has 3 aliphatic rings. The number of fused-ring (bicyclic) bond motifs is 1. The third-order valence-corrected chi connectivity index (χ3v) is 9.49. The van der Waals surface area contributed by atoms with Crippen molar-refractivity contribution in [3.05, 3.63) is 47.3 Å². The molecule has 0 bridgehead atoms. The van der Waals surface area contributed by atoms with E-state index in [1.807, 2.05) is 0 Å². The van der Waals surface area contributed by atoms with Crippen LogP contribution in [-0.2, 0) is 23.9 Å². The summed E-state index contributed by atoms with van der Waals surface area (Å²) in [4.78, 5) is 88.6. The summed E-state index contributed by atoms with van der Waals surface area (Å²) in [6, 6.07) is -0.253. The molecule has 24 heteroatoms. The number of nitrogens with zero attached hydrogens (tertiary/aromatic N) is 4. The number of imide groups is 1. The predicted molar refractivity (Wildman–Crippen MR) is 160 cm³/mol. The molecule has 3 aliphatic heterocycles. The Bertz CT molecular complexity index is 1670. The van der Waals surface area contributed by atoms with Crippen LogP contribution in [0.15, 0.2) is 46.8 Å². The van der Waals surface area contributed by atoms with Gasteiger partial charge in [0.1, 0.15) is 29.1 Å². The molecule has 0 saturated carbocycles. The zero-order chi connectivity index (χ0) is 34.5. The number of H-pyrrole nitrogens is 1. The molecule has 7 N–H and O–H groups in total.